The van der Waals surface area contributed by atoms with Crippen LogP contribution in [0.4, 0.5) is 0 Å². The fraction of sp³-hybridized carbons (Fsp3) is 0.545. The Morgan fingerprint density at radius 3 is 2.12 bits per heavy atom. The standard InChI is InChI=1S/C19H27N5O7.C8H11N3O.C4H8.C2H6/c1-3-16(27)21-10-18(29)24-15(7-14-5-4-6-31-14)19(30)22-9-17(28)20-8-13(11-25)23-12(2)26;1-2-3-11-8(12)7-6-9-4-5-10-7;1-4-2-3-4;1-2/h4-6,11,13,15H,3,7-10H2,1-2H3,(H,20,28)(H,21,27)(H,22,30)(H,23,26)(H,24,29);4-6H,2-3H2,1H3,(H,11,12);4H,2-3H2,1H3;1-2H3/t13-,15-;;;/m0.../s1. The number of nitrogens with one attached hydrogen (secondary N) is 6. The minimum absolute atomic E-state index is 0.0314. The van der Waals surface area contributed by atoms with E-state index in [-0.39, 0.29) is 37.7 Å². The molecular weight excluding hydrogens is 636 g/mol. The van der Waals surface area contributed by atoms with Crippen LogP contribution in [-0.2, 0) is 35.2 Å². The van der Waals surface area contributed by atoms with Gasteiger partial charge < -0.3 is 41.1 Å². The number of aldehydes is 1. The van der Waals surface area contributed by atoms with Crippen LogP contribution in [0.3, 0.4) is 0 Å². The molecule has 0 bridgehead atoms. The lowest BCUT2D eigenvalue weighted by molar-refractivity contribution is -0.131. The second-order valence-corrected chi connectivity index (χ2v) is 10.5. The molecule has 49 heavy (non-hydrogen) atoms. The van der Waals surface area contributed by atoms with Gasteiger partial charge in [0.2, 0.25) is 29.5 Å². The van der Waals surface area contributed by atoms with E-state index in [1.807, 2.05) is 20.8 Å². The third-order valence-electron chi connectivity index (χ3n) is 6.10. The minimum Gasteiger partial charge on any atom is -0.469 e. The van der Waals surface area contributed by atoms with Crippen LogP contribution in [0.25, 0.3) is 0 Å². The fourth-order valence-corrected chi connectivity index (χ4v) is 3.27. The Morgan fingerprint density at radius 2 is 1.61 bits per heavy atom. The molecule has 1 saturated carbocycles. The van der Waals surface area contributed by atoms with Gasteiger partial charge in [0.1, 0.15) is 29.8 Å². The van der Waals surface area contributed by atoms with Gasteiger partial charge >= 0.3 is 0 Å². The van der Waals surface area contributed by atoms with Crippen molar-refractivity contribution in [2.45, 2.75) is 85.7 Å². The first-order valence-corrected chi connectivity index (χ1v) is 16.4. The van der Waals surface area contributed by atoms with Gasteiger partial charge in [0.05, 0.1) is 25.5 Å². The second kappa shape index (κ2) is 26.9. The number of hydrogen-bond acceptors (Lipinski definition) is 10. The van der Waals surface area contributed by atoms with Crippen molar-refractivity contribution < 1.29 is 38.0 Å². The predicted octanol–water partition coefficient (Wildman–Crippen LogP) is 0.828. The molecule has 1 aliphatic rings. The van der Waals surface area contributed by atoms with Crippen molar-refractivity contribution in [3.63, 3.8) is 0 Å². The van der Waals surface area contributed by atoms with Crippen molar-refractivity contribution in [3.05, 3.63) is 48.4 Å². The van der Waals surface area contributed by atoms with Gasteiger partial charge in [-0.05, 0) is 24.5 Å². The molecule has 2 heterocycles. The molecule has 2 aromatic heterocycles. The number of furan rings is 1. The maximum atomic E-state index is 12.5. The normalized spacial score (nSPS) is 12.2. The molecule has 16 nitrogen and oxygen atoms in total. The monoisotopic (exact) mass is 688 g/mol. The average molecular weight is 689 g/mol. The molecule has 0 aromatic carbocycles. The topological polar surface area (TPSA) is 231 Å². The maximum absolute atomic E-state index is 12.5. The summed E-state index contributed by atoms with van der Waals surface area (Å²) in [5.41, 5.74) is 0.367. The van der Waals surface area contributed by atoms with Gasteiger partial charge in [0.25, 0.3) is 5.91 Å². The van der Waals surface area contributed by atoms with E-state index in [4.69, 9.17) is 4.42 Å². The van der Waals surface area contributed by atoms with E-state index in [0.717, 1.165) is 12.3 Å². The van der Waals surface area contributed by atoms with E-state index in [0.29, 0.717) is 24.3 Å². The van der Waals surface area contributed by atoms with E-state index < -0.39 is 42.3 Å². The van der Waals surface area contributed by atoms with Gasteiger partial charge in [-0.3, -0.25) is 33.8 Å². The van der Waals surface area contributed by atoms with Crippen LogP contribution in [0.1, 0.15) is 83.5 Å². The molecule has 2 aromatic rings. The van der Waals surface area contributed by atoms with E-state index in [1.165, 1.54) is 44.6 Å². The molecule has 272 valence electrons. The highest BCUT2D eigenvalue weighted by Crippen LogP contribution is 2.26. The molecule has 0 aliphatic heterocycles. The molecule has 1 aliphatic carbocycles. The number of nitrogens with zero attached hydrogens (tertiary/aromatic N) is 2. The Kier molecular flexibility index (Phi) is 24.0. The highest BCUT2D eigenvalue weighted by atomic mass is 16.3. The largest absolute Gasteiger partial charge is 0.469 e. The molecule has 16 heteroatoms. The third kappa shape index (κ3) is 22.9. The Morgan fingerprint density at radius 1 is 0.939 bits per heavy atom. The fourth-order valence-electron chi connectivity index (χ4n) is 3.27. The smallest absolute Gasteiger partial charge is 0.271 e. The molecule has 0 saturated heterocycles. The zero-order valence-electron chi connectivity index (χ0n) is 29.3. The van der Waals surface area contributed by atoms with E-state index in [9.17, 15) is 33.6 Å². The maximum Gasteiger partial charge on any atom is 0.271 e. The second-order valence-electron chi connectivity index (χ2n) is 10.5. The van der Waals surface area contributed by atoms with Crippen LogP contribution in [-0.4, -0.2) is 90.0 Å². The zero-order valence-corrected chi connectivity index (χ0v) is 29.3. The van der Waals surface area contributed by atoms with E-state index in [1.54, 1.807) is 19.1 Å². The van der Waals surface area contributed by atoms with Crippen LogP contribution in [0.5, 0.6) is 0 Å². The van der Waals surface area contributed by atoms with Gasteiger partial charge in [-0.15, -0.1) is 0 Å². The van der Waals surface area contributed by atoms with Crippen LogP contribution in [0, 0.1) is 5.92 Å². The van der Waals surface area contributed by atoms with Crippen molar-refractivity contribution >= 4 is 41.7 Å². The molecule has 6 N–H and O–H groups in total. The summed E-state index contributed by atoms with van der Waals surface area (Å²) in [5, 5.41) is 14.7. The SMILES string of the molecule is CC.CC1CC1.CCC(=O)NCC(=O)N[C@@H](Cc1ccco1)C(=O)NCC(=O)NC[C@@H](C=O)NC(C)=O.CCCNC(=O)c1cnccn1. The number of carbonyl (C=O) groups is 7. The van der Waals surface area contributed by atoms with Crippen molar-refractivity contribution in [1.29, 1.82) is 0 Å². The molecule has 2 atom stereocenters. The lowest BCUT2D eigenvalue weighted by Crippen LogP contribution is -2.52. The number of carbonyl (C=O) groups excluding carboxylic acids is 7. The number of amides is 6. The van der Waals surface area contributed by atoms with Gasteiger partial charge in [-0.2, -0.15) is 0 Å². The molecule has 6 amide bonds. The van der Waals surface area contributed by atoms with E-state index in [2.05, 4.69) is 48.8 Å². The predicted molar refractivity (Wildman–Crippen MR) is 182 cm³/mol. The minimum atomic E-state index is -1.05. The average Bonchev–Trinajstić information content (AvgIpc) is 3.72. The van der Waals surface area contributed by atoms with Crippen molar-refractivity contribution in [2.75, 3.05) is 26.2 Å². The number of hydrogen-bond donors (Lipinski definition) is 6. The molecule has 1 fully saturated rings. The summed E-state index contributed by atoms with van der Waals surface area (Å²) in [4.78, 5) is 88.4. The highest BCUT2D eigenvalue weighted by molar-refractivity contribution is 5.92. The Hall–Kier alpha value is -5.15. The summed E-state index contributed by atoms with van der Waals surface area (Å²) in [5.74, 6) is -1.20. The van der Waals surface area contributed by atoms with Crippen LogP contribution in [0.15, 0.2) is 41.4 Å². The first-order chi connectivity index (χ1) is 23.5. The van der Waals surface area contributed by atoms with Crippen molar-refractivity contribution in [1.82, 2.24) is 41.9 Å². The molecule has 3 rings (SSSR count). The third-order valence-corrected chi connectivity index (χ3v) is 6.10. The van der Waals surface area contributed by atoms with Gasteiger partial charge in [-0.1, -0.05) is 47.5 Å². The lowest BCUT2D eigenvalue weighted by atomic mass is 10.1. The zero-order chi connectivity index (χ0) is 37.0. The first kappa shape index (κ1) is 43.9. The molecular formula is C33H52N8O8. The van der Waals surface area contributed by atoms with Gasteiger partial charge in [0, 0.05) is 45.2 Å². The summed E-state index contributed by atoms with van der Waals surface area (Å²) < 4.78 is 5.20. The van der Waals surface area contributed by atoms with E-state index >= 15 is 0 Å². The summed E-state index contributed by atoms with van der Waals surface area (Å²) in [7, 11) is 0. The van der Waals surface area contributed by atoms with Crippen molar-refractivity contribution in [3.8, 4) is 0 Å². The molecule has 0 radical (unpaired) electrons. The number of aromatic nitrogens is 2. The van der Waals surface area contributed by atoms with Crippen LogP contribution >= 0.6 is 0 Å². The summed E-state index contributed by atoms with van der Waals surface area (Å²) in [6.45, 7) is 11.0. The van der Waals surface area contributed by atoms with Crippen LogP contribution < -0.4 is 31.9 Å². The highest BCUT2D eigenvalue weighted by Gasteiger charge is 2.23. The summed E-state index contributed by atoms with van der Waals surface area (Å²) >= 11 is 0. The quantitative estimate of drug-likeness (QED) is 0.136. The van der Waals surface area contributed by atoms with Gasteiger partial charge in [-0.25, -0.2) is 4.98 Å². The van der Waals surface area contributed by atoms with Crippen LogP contribution in [0.2, 0.25) is 0 Å². The molecule has 0 spiro atoms. The Bertz CT molecular complexity index is 1270. The first-order valence-electron chi connectivity index (χ1n) is 16.4. The molecule has 0 unspecified atom stereocenters. The Balaban J connectivity index is 0.00000104. The van der Waals surface area contributed by atoms with Crippen molar-refractivity contribution in [2.24, 2.45) is 5.92 Å². The van der Waals surface area contributed by atoms with Gasteiger partial charge in [0.15, 0.2) is 0 Å². The number of rotatable bonds is 16. The summed E-state index contributed by atoms with van der Waals surface area (Å²) in [6.07, 6.45) is 10.5. The lowest BCUT2D eigenvalue weighted by Gasteiger charge is -2.18. The summed E-state index contributed by atoms with van der Waals surface area (Å²) in [6, 6.07) is 1.31. The Labute approximate surface area is 287 Å².